The van der Waals surface area contributed by atoms with Crippen molar-refractivity contribution in [2.75, 3.05) is 17.5 Å². The Kier molecular flexibility index (Phi) is 8.26. The van der Waals surface area contributed by atoms with Crippen LogP contribution in [0.15, 0.2) is 95.9 Å². The van der Waals surface area contributed by atoms with Gasteiger partial charge in [-0.1, -0.05) is 54.1 Å². The molecule has 8 nitrogen and oxygen atoms in total. The van der Waals surface area contributed by atoms with Crippen molar-refractivity contribution in [2.45, 2.75) is 30.7 Å². The number of ether oxygens (including phenoxy) is 1. The summed E-state index contributed by atoms with van der Waals surface area (Å²) in [6.45, 7) is 2.12. The minimum absolute atomic E-state index is 0.0107. The summed E-state index contributed by atoms with van der Waals surface area (Å²) >= 11 is 0. The number of carbonyl (C=O) groups excluding carboxylic acids is 1. The van der Waals surface area contributed by atoms with Gasteiger partial charge >= 0.3 is 5.97 Å². The fourth-order valence-electron chi connectivity index (χ4n) is 4.97. The smallest absolute Gasteiger partial charge is 0.307 e. The van der Waals surface area contributed by atoms with E-state index in [4.69, 9.17) is 9.84 Å². The number of para-hydroxylation sites is 1. The summed E-state index contributed by atoms with van der Waals surface area (Å²) in [6, 6.07) is 23.3. The number of hydrogen-bond acceptors (Lipinski definition) is 5. The standard InChI is InChI=1S/C32H29FN2O6S/c1-21-6-15-28(33)27(18-21)23-9-13-26(14-10-23)42(39,40)35-29-5-3-2-4-24(29)20-30(35)32(38)34-16-17-41-25-11-7-22(8-12-25)19-31(36)37/h2-15,18,30H,16-17,19-20H2,1H3,(H,34,38)(H,36,37)/t30-/m0/s1. The molecule has 216 valence electrons. The Balaban J connectivity index is 1.30. The van der Waals surface area contributed by atoms with E-state index in [1.807, 2.05) is 6.92 Å². The van der Waals surface area contributed by atoms with Gasteiger partial charge in [0, 0.05) is 12.0 Å². The number of nitrogens with zero attached hydrogens (tertiary/aromatic N) is 1. The molecule has 1 aliphatic rings. The van der Waals surface area contributed by atoms with Crippen molar-refractivity contribution in [3.63, 3.8) is 0 Å². The molecule has 42 heavy (non-hydrogen) atoms. The molecule has 1 atom stereocenters. The van der Waals surface area contributed by atoms with Gasteiger partial charge in [0.15, 0.2) is 0 Å². The molecule has 0 aromatic heterocycles. The van der Waals surface area contributed by atoms with Crippen LogP contribution in [0.1, 0.15) is 16.7 Å². The third-order valence-corrected chi connectivity index (χ3v) is 8.86. The molecule has 0 saturated heterocycles. The Morgan fingerprint density at radius 1 is 1.00 bits per heavy atom. The molecule has 10 heteroatoms. The molecule has 1 aliphatic heterocycles. The number of aliphatic carboxylic acids is 1. The van der Waals surface area contributed by atoms with Crippen LogP contribution in [0.5, 0.6) is 5.75 Å². The van der Waals surface area contributed by atoms with Gasteiger partial charge in [-0.05, 0) is 66.1 Å². The normalized spacial score (nSPS) is 14.3. The number of fused-ring (bicyclic) bond motifs is 1. The lowest BCUT2D eigenvalue weighted by atomic mass is 10.0. The average molecular weight is 589 g/mol. The van der Waals surface area contributed by atoms with Crippen LogP contribution in [0.4, 0.5) is 10.1 Å². The van der Waals surface area contributed by atoms with E-state index in [0.717, 1.165) is 15.4 Å². The van der Waals surface area contributed by atoms with Crippen molar-refractivity contribution in [1.82, 2.24) is 5.32 Å². The number of sulfonamides is 1. The van der Waals surface area contributed by atoms with E-state index < -0.39 is 33.8 Å². The highest BCUT2D eigenvalue weighted by atomic mass is 32.2. The first kappa shape index (κ1) is 28.8. The summed E-state index contributed by atoms with van der Waals surface area (Å²) < 4.78 is 49.0. The van der Waals surface area contributed by atoms with E-state index in [2.05, 4.69) is 5.32 Å². The number of amides is 1. The van der Waals surface area contributed by atoms with Crippen LogP contribution >= 0.6 is 0 Å². The van der Waals surface area contributed by atoms with E-state index in [0.29, 0.717) is 28.1 Å². The Bertz CT molecular complexity index is 1720. The molecular formula is C32H29FN2O6S. The van der Waals surface area contributed by atoms with Gasteiger partial charge in [-0.25, -0.2) is 12.8 Å². The SMILES string of the molecule is Cc1ccc(F)c(-c2ccc(S(=O)(=O)N3c4ccccc4C[C@H]3C(=O)NCCOc3ccc(CC(=O)O)cc3)cc2)c1. The van der Waals surface area contributed by atoms with Gasteiger partial charge in [0.05, 0.1) is 23.5 Å². The maximum atomic E-state index is 14.4. The highest BCUT2D eigenvalue weighted by Gasteiger charge is 2.42. The summed E-state index contributed by atoms with van der Waals surface area (Å²) in [6.07, 6.45) is 0.120. The second kappa shape index (κ2) is 12.0. The Hall–Kier alpha value is -4.70. The van der Waals surface area contributed by atoms with Crippen LogP contribution in [0.3, 0.4) is 0 Å². The summed E-state index contributed by atoms with van der Waals surface area (Å²) in [7, 11) is -4.14. The van der Waals surface area contributed by atoms with Gasteiger partial charge in [-0.15, -0.1) is 0 Å². The topological polar surface area (TPSA) is 113 Å². The third kappa shape index (κ3) is 6.13. The number of aryl methyl sites for hydroxylation is 1. The van der Waals surface area contributed by atoms with Gasteiger partial charge in [-0.2, -0.15) is 0 Å². The van der Waals surface area contributed by atoms with E-state index in [9.17, 15) is 22.4 Å². The van der Waals surface area contributed by atoms with Crippen LogP contribution in [0.2, 0.25) is 0 Å². The first-order valence-corrected chi connectivity index (χ1v) is 14.8. The number of anilines is 1. The molecule has 0 aliphatic carbocycles. The molecule has 5 rings (SSSR count). The number of carboxylic acids is 1. The highest BCUT2D eigenvalue weighted by Crippen LogP contribution is 2.37. The lowest BCUT2D eigenvalue weighted by Crippen LogP contribution is -2.48. The number of carboxylic acid groups (broad SMARTS) is 1. The maximum absolute atomic E-state index is 14.4. The molecule has 0 saturated carbocycles. The molecule has 0 bridgehead atoms. The first-order valence-electron chi connectivity index (χ1n) is 13.3. The summed E-state index contributed by atoms with van der Waals surface area (Å²) in [5, 5.41) is 11.7. The van der Waals surface area contributed by atoms with Crippen LogP contribution in [0, 0.1) is 12.7 Å². The van der Waals surface area contributed by atoms with Crippen LogP contribution in [-0.4, -0.2) is 44.6 Å². The summed E-state index contributed by atoms with van der Waals surface area (Å²) in [5.41, 5.74) is 3.61. The monoisotopic (exact) mass is 588 g/mol. The maximum Gasteiger partial charge on any atom is 0.307 e. The van der Waals surface area contributed by atoms with E-state index in [-0.39, 0.29) is 30.9 Å². The van der Waals surface area contributed by atoms with Crippen molar-refractivity contribution < 1.29 is 32.2 Å². The first-order chi connectivity index (χ1) is 20.1. The highest BCUT2D eigenvalue weighted by molar-refractivity contribution is 7.93. The van der Waals surface area contributed by atoms with Crippen molar-refractivity contribution in [2.24, 2.45) is 0 Å². The molecule has 0 spiro atoms. The second-order valence-electron chi connectivity index (χ2n) is 10.0. The van der Waals surface area contributed by atoms with Crippen LogP contribution in [0.25, 0.3) is 11.1 Å². The number of benzene rings is 4. The number of rotatable bonds is 10. The molecule has 1 amide bonds. The van der Waals surface area contributed by atoms with Crippen molar-refractivity contribution >= 4 is 27.6 Å². The van der Waals surface area contributed by atoms with Crippen LogP contribution in [-0.2, 0) is 32.5 Å². The molecule has 0 radical (unpaired) electrons. The second-order valence-corrected chi connectivity index (χ2v) is 11.8. The zero-order valence-corrected chi connectivity index (χ0v) is 23.6. The summed E-state index contributed by atoms with van der Waals surface area (Å²) in [4.78, 5) is 24.1. The fraction of sp³-hybridized carbons (Fsp3) is 0.188. The number of nitrogens with one attached hydrogen (secondary N) is 1. The van der Waals surface area contributed by atoms with Gasteiger partial charge in [0.25, 0.3) is 10.0 Å². The molecular weight excluding hydrogens is 559 g/mol. The molecule has 1 heterocycles. The zero-order valence-electron chi connectivity index (χ0n) is 22.8. The van der Waals surface area contributed by atoms with E-state index in [1.54, 1.807) is 72.8 Å². The predicted octanol–water partition coefficient (Wildman–Crippen LogP) is 4.74. The predicted molar refractivity (Wildman–Crippen MR) is 156 cm³/mol. The van der Waals surface area contributed by atoms with Gasteiger partial charge in [0.2, 0.25) is 5.91 Å². The number of halogens is 1. The lowest BCUT2D eigenvalue weighted by molar-refractivity contribution is -0.136. The molecule has 4 aromatic carbocycles. The van der Waals surface area contributed by atoms with Crippen molar-refractivity contribution in [3.8, 4) is 16.9 Å². The number of carbonyl (C=O) groups is 2. The fourth-order valence-corrected chi connectivity index (χ4v) is 6.62. The Morgan fingerprint density at radius 2 is 1.71 bits per heavy atom. The molecule has 0 fully saturated rings. The third-order valence-electron chi connectivity index (χ3n) is 7.02. The minimum atomic E-state index is -4.14. The molecule has 2 N–H and O–H groups in total. The van der Waals surface area contributed by atoms with E-state index >= 15 is 0 Å². The minimum Gasteiger partial charge on any atom is -0.492 e. The Labute approximate surface area is 243 Å². The average Bonchev–Trinajstić information content (AvgIpc) is 3.38. The van der Waals surface area contributed by atoms with Crippen molar-refractivity contribution in [3.05, 3.63) is 114 Å². The largest absolute Gasteiger partial charge is 0.492 e. The Morgan fingerprint density at radius 3 is 2.43 bits per heavy atom. The van der Waals surface area contributed by atoms with E-state index in [1.165, 1.54) is 18.2 Å². The van der Waals surface area contributed by atoms with Gasteiger partial charge < -0.3 is 15.2 Å². The zero-order chi connectivity index (χ0) is 29.9. The van der Waals surface area contributed by atoms with Gasteiger partial charge in [-0.3, -0.25) is 13.9 Å². The number of hydrogen-bond donors (Lipinski definition) is 2. The molecule has 4 aromatic rings. The quantitative estimate of drug-likeness (QED) is 0.259. The van der Waals surface area contributed by atoms with Crippen LogP contribution < -0.4 is 14.4 Å². The summed E-state index contributed by atoms with van der Waals surface area (Å²) in [5.74, 6) is -1.27. The lowest BCUT2D eigenvalue weighted by Gasteiger charge is -2.26. The van der Waals surface area contributed by atoms with Crippen molar-refractivity contribution in [1.29, 1.82) is 0 Å². The van der Waals surface area contributed by atoms with Gasteiger partial charge in [0.1, 0.15) is 24.2 Å². The molecule has 0 unspecified atom stereocenters.